The summed E-state index contributed by atoms with van der Waals surface area (Å²) in [6, 6.07) is 0. The van der Waals surface area contributed by atoms with E-state index < -0.39 is 0 Å². The predicted octanol–water partition coefficient (Wildman–Crippen LogP) is 0.176. The van der Waals surface area contributed by atoms with Crippen molar-refractivity contribution < 1.29 is 38.5 Å². The van der Waals surface area contributed by atoms with Crippen molar-refractivity contribution in [1.29, 1.82) is 0 Å². The van der Waals surface area contributed by atoms with E-state index in [9.17, 15) is 9.59 Å². The molecule has 0 atom stereocenters. The van der Waals surface area contributed by atoms with E-state index >= 15 is 0 Å². The summed E-state index contributed by atoms with van der Waals surface area (Å²) >= 11 is 7.24. The van der Waals surface area contributed by atoms with Gasteiger partial charge in [-0.2, -0.15) is 25.3 Å². The molecular formula is C6H12O4S2Zn. The standard InChI is InChI=1S/2C3H6O2S.Zn/c2*1-5-3(4)2-6;/h2*6H,2H2,1H3;. The van der Waals surface area contributed by atoms with E-state index in [-0.39, 0.29) is 42.9 Å². The monoisotopic (exact) mass is 276 g/mol. The van der Waals surface area contributed by atoms with Crippen LogP contribution in [0, 0.1) is 0 Å². The van der Waals surface area contributed by atoms with Gasteiger partial charge in [-0.05, 0) is 0 Å². The molecule has 74 valence electrons. The number of thiol groups is 2. The first-order valence-corrected chi connectivity index (χ1v) is 4.24. The minimum atomic E-state index is -0.293. The predicted molar refractivity (Wildman–Crippen MR) is 51.7 cm³/mol. The Morgan fingerprint density at radius 3 is 1.23 bits per heavy atom. The number of methoxy groups -OCH3 is 2. The molecule has 0 aliphatic heterocycles. The van der Waals surface area contributed by atoms with E-state index in [0.717, 1.165) is 0 Å². The average molecular weight is 278 g/mol. The molecule has 4 nitrogen and oxygen atoms in total. The summed E-state index contributed by atoms with van der Waals surface area (Å²) in [5.41, 5.74) is 0. The largest absolute Gasteiger partial charge is 0.468 e. The van der Waals surface area contributed by atoms with Crippen molar-refractivity contribution in [2.45, 2.75) is 0 Å². The maximum Gasteiger partial charge on any atom is 0.315 e. The zero-order chi connectivity index (χ0) is 9.98. The van der Waals surface area contributed by atoms with Crippen molar-refractivity contribution in [3.05, 3.63) is 0 Å². The Morgan fingerprint density at radius 1 is 1.00 bits per heavy atom. The van der Waals surface area contributed by atoms with E-state index in [4.69, 9.17) is 0 Å². The zero-order valence-corrected chi connectivity index (χ0v) is 12.4. The van der Waals surface area contributed by atoms with Crippen LogP contribution in [0.5, 0.6) is 0 Å². The van der Waals surface area contributed by atoms with Crippen LogP contribution >= 0.6 is 25.3 Å². The fourth-order valence-corrected chi connectivity index (χ4v) is 0.387. The molecule has 0 N–H and O–H groups in total. The van der Waals surface area contributed by atoms with Crippen LogP contribution < -0.4 is 0 Å². The van der Waals surface area contributed by atoms with Crippen LogP contribution in [0.1, 0.15) is 0 Å². The summed E-state index contributed by atoms with van der Waals surface area (Å²) in [4.78, 5) is 19.8. The van der Waals surface area contributed by atoms with Crippen molar-refractivity contribution in [1.82, 2.24) is 0 Å². The summed E-state index contributed by atoms with van der Waals surface area (Å²) in [7, 11) is 2.66. The molecule has 13 heavy (non-hydrogen) atoms. The molecule has 0 spiro atoms. The molecule has 0 aromatic carbocycles. The number of ether oxygens (including phenoxy) is 2. The van der Waals surface area contributed by atoms with Crippen molar-refractivity contribution in [3.8, 4) is 0 Å². The number of hydrogen-bond donors (Lipinski definition) is 2. The van der Waals surface area contributed by atoms with E-state index in [1.807, 2.05) is 0 Å². The molecule has 0 radical (unpaired) electrons. The molecule has 0 saturated carbocycles. The molecule has 0 amide bonds. The first-order valence-electron chi connectivity index (χ1n) is 2.97. The summed E-state index contributed by atoms with van der Waals surface area (Å²) < 4.78 is 8.37. The molecule has 0 fully saturated rings. The minimum Gasteiger partial charge on any atom is -0.468 e. The van der Waals surface area contributed by atoms with Gasteiger partial charge < -0.3 is 9.47 Å². The summed E-state index contributed by atoms with van der Waals surface area (Å²) in [6.07, 6.45) is 0. The summed E-state index contributed by atoms with van der Waals surface area (Å²) in [6.45, 7) is 0. The van der Waals surface area contributed by atoms with Gasteiger partial charge in [-0.15, -0.1) is 0 Å². The molecule has 0 saturated heterocycles. The number of esters is 2. The van der Waals surface area contributed by atoms with Gasteiger partial charge in [0.1, 0.15) is 0 Å². The van der Waals surface area contributed by atoms with Gasteiger partial charge in [0.25, 0.3) is 0 Å². The summed E-state index contributed by atoms with van der Waals surface area (Å²) in [5.74, 6) is -0.260. The molecule has 0 aliphatic rings. The minimum absolute atomic E-state index is 0. The third-order valence-corrected chi connectivity index (χ3v) is 1.23. The van der Waals surface area contributed by atoms with Gasteiger partial charge in [-0.3, -0.25) is 9.59 Å². The Bertz CT molecular complexity index is 115. The smallest absolute Gasteiger partial charge is 0.315 e. The van der Waals surface area contributed by atoms with Gasteiger partial charge in [0.15, 0.2) is 0 Å². The molecular weight excluding hydrogens is 266 g/mol. The zero-order valence-electron chi connectivity index (χ0n) is 7.65. The first-order chi connectivity index (χ1) is 5.62. The third-order valence-electron chi connectivity index (χ3n) is 0.714. The second kappa shape index (κ2) is 14.8. The first kappa shape index (κ1) is 18.9. The number of carbonyl (C=O) groups is 2. The second-order valence-electron chi connectivity index (χ2n) is 1.47. The van der Waals surface area contributed by atoms with Gasteiger partial charge in [0.2, 0.25) is 0 Å². The fraction of sp³-hybridized carbons (Fsp3) is 0.667. The Kier molecular flexibility index (Phi) is 21.5. The maximum atomic E-state index is 9.88. The molecule has 0 rings (SSSR count). The molecule has 0 aromatic heterocycles. The number of rotatable bonds is 2. The van der Waals surface area contributed by atoms with Crippen molar-refractivity contribution >= 4 is 37.2 Å². The number of carbonyl (C=O) groups excluding carboxylic acids is 2. The third kappa shape index (κ3) is 18.9. The van der Waals surface area contributed by atoms with Crippen molar-refractivity contribution in [2.75, 3.05) is 25.7 Å². The molecule has 0 aliphatic carbocycles. The Labute approximate surface area is 101 Å². The maximum absolute atomic E-state index is 9.88. The topological polar surface area (TPSA) is 52.6 Å². The van der Waals surface area contributed by atoms with Gasteiger partial charge in [0, 0.05) is 19.5 Å². The van der Waals surface area contributed by atoms with Crippen LogP contribution in [0.2, 0.25) is 0 Å². The Morgan fingerprint density at radius 2 is 1.23 bits per heavy atom. The van der Waals surface area contributed by atoms with Crippen LogP contribution in [0.25, 0.3) is 0 Å². The summed E-state index contributed by atoms with van der Waals surface area (Å²) in [5, 5.41) is 0. The van der Waals surface area contributed by atoms with Crippen molar-refractivity contribution in [2.24, 2.45) is 0 Å². The van der Waals surface area contributed by atoms with E-state index in [1.165, 1.54) is 14.2 Å². The molecule has 7 heteroatoms. The van der Waals surface area contributed by atoms with Crippen LogP contribution in [0.15, 0.2) is 0 Å². The van der Waals surface area contributed by atoms with Gasteiger partial charge in [-0.1, -0.05) is 0 Å². The Hall–Kier alpha value is 0.263. The normalized spacial score (nSPS) is 7.08. The quantitative estimate of drug-likeness (QED) is 0.429. The van der Waals surface area contributed by atoms with E-state index in [0.29, 0.717) is 0 Å². The van der Waals surface area contributed by atoms with Crippen LogP contribution in [-0.4, -0.2) is 37.7 Å². The molecule has 0 unspecified atom stereocenters. The van der Waals surface area contributed by atoms with Crippen LogP contribution in [0.3, 0.4) is 0 Å². The van der Waals surface area contributed by atoms with Crippen molar-refractivity contribution in [3.63, 3.8) is 0 Å². The number of hydrogen-bond acceptors (Lipinski definition) is 6. The fourth-order valence-electron chi connectivity index (χ4n) is 0.129. The van der Waals surface area contributed by atoms with Gasteiger partial charge in [-0.25, -0.2) is 0 Å². The van der Waals surface area contributed by atoms with Crippen LogP contribution in [-0.2, 0) is 38.5 Å². The molecule has 0 bridgehead atoms. The molecule has 0 aromatic rings. The van der Waals surface area contributed by atoms with E-state index in [1.54, 1.807) is 0 Å². The molecule has 0 heterocycles. The average Bonchev–Trinajstić information content (AvgIpc) is 2.16. The van der Waals surface area contributed by atoms with Gasteiger partial charge in [0.05, 0.1) is 25.7 Å². The van der Waals surface area contributed by atoms with Crippen LogP contribution in [0.4, 0.5) is 0 Å². The second-order valence-corrected chi connectivity index (χ2v) is 2.10. The van der Waals surface area contributed by atoms with E-state index in [2.05, 4.69) is 34.7 Å². The Balaban J connectivity index is -0.000000143. The van der Waals surface area contributed by atoms with Gasteiger partial charge >= 0.3 is 11.9 Å². The SMILES string of the molecule is COC(=O)CS.COC(=O)CS.[Zn].